The highest BCUT2D eigenvalue weighted by Crippen LogP contribution is 2.29. The molecule has 86 valence electrons. The summed E-state index contributed by atoms with van der Waals surface area (Å²) in [6.45, 7) is 7.90. The summed E-state index contributed by atoms with van der Waals surface area (Å²) in [6.07, 6.45) is 1.48. The van der Waals surface area contributed by atoms with Gasteiger partial charge in [-0.2, -0.15) is 10.3 Å². The Kier molecular flexibility index (Phi) is 3.90. The first-order valence-electron chi connectivity index (χ1n) is 5.31. The van der Waals surface area contributed by atoms with E-state index < -0.39 is 13.9 Å². The minimum Gasteiger partial charge on any atom is -0.400 e. The van der Waals surface area contributed by atoms with E-state index in [1.54, 1.807) is 7.11 Å². The largest absolute Gasteiger partial charge is 0.400 e. The first kappa shape index (κ1) is 12.7. The standard InChI is InChI=1S/C10H20N2O2Si/c1-13-12-7-5-10(9-11,6-8-12)14-15(2,3)4/h5-8H2,1-4H3. The summed E-state index contributed by atoms with van der Waals surface area (Å²) >= 11 is 0. The van der Waals surface area contributed by atoms with Gasteiger partial charge < -0.3 is 9.26 Å². The Morgan fingerprint density at radius 1 is 1.27 bits per heavy atom. The first-order chi connectivity index (χ1) is 6.91. The fourth-order valence-corrected chi connectivity index (χ4v) is 3.27. The summed E-state index contributed by atoms with van der Waals surface area (Å²) in [5.41, 5.74) is -0.570. The molecule has 1 heterocycles. The van der Waals surface area contributed by atoms with Crippen molar-refractivity contribution < 1.29 is 9.26 Å². The molecule has 0 aromatic carbocycles. The van der Waals surface area contributed by atoms with E-state index in [9.17, 15) is 5.26 Å². The van der Waals surface area contributed by atoms with Crippen LogP contribution in [0.25, 0.3) is 0 Å². The second-order valence-corrected chi connectivity index (χ2v) is 9.36. The number of hydrogen-bond donors (Lipinski definition) is 0. The van der Waals surface area contributed by atoms with Crippen LogP contribution in [0.2, 0.25) is 19.6 Å². The van der Waals surface area contributed by atoms with Crippen LogP contribution >= 0.6 is 0 Å². The summed E-state index contributed by atoms with van der Waals surface area (Å²) in [5.74, 6) is 0. The lowest BCUT2D eigenvalue weighted by atomic mass is 9.94. The third-order valence-electron chi connectivity index (χ3n) is 2.49. The van der Waals surface area contributed by atoms with E-state index >= 15 is 0 Å². The second kappa shape index (κ2) is 4.62. The Hall–Kier alpha value is -0.413. The highest BCUT2D eigenvalue weighted by atomic mass is 28.4. The lowest BCUT2D eigenvalue weighted by Crippen LogP contribution is -2.49. The fourth-order valence-electron chi connectivity index (χ4n) is 1.85. The maximum absolute atomic E-state index is 9.25. The zero-order valence-corrected chi connectivity index (χ0v) is 11.0. The van der Waals surface area contributed by atoms with Crippen LogP contribution in [-0.2, 0) is 9.26 Å². The number of hydroxylamine groups is 2. The lowest BCUT2D eigenvalue weighted by Gasteiger charge is -2.39. The molecule has 1 aliphatic heterocycles. The molecule has 0 aliphatic carbocycles. The van der Waals surface area contributed by atoms with E-state index in [2.05, 4.69) is 25.7 Å². The highest BCUT2D eigenvalue weighted by Gasteiger charge is 2.39. The van der Waals surface area contributed by atoms with Crippen molar-refractivity contribution in [3.05, 3.63) is 0 Å². The van der Waals surface area contributed by atoms with E-state index in [0.717, 1.165) is 25.9 Å². The normalized spacial score (nSPS) is 22.3. The Morgan fingerprint density at radius 3 is 2.13 bits per heavy atom. The Morgan fingerprint density at radius 2 is 1.80 bits per heavy atom. The zero-order valence-electron chi connectivity index (χ0n) is 10.0. The monoisotopic (exact) mass is 228 g/mol. The van der Waals surface area contributed by atoms with Crippen molar-refractivity contribution in [2.45, 2.75) is 38.1 Å². The van der Waals surface area contributed by atoms with Gasteiger partial charge in [0, 0.05) is 25.9 Å². The zero-order chi connectivity index (χ0) is 11.5. The van der Waals surface area contributed by atoms with Gasteiger partial charge in [-0.1, -0.05) is 0 Å². The van der Waals surface area contributed by atoms with Gasteiger partial charge in [0.25, 0.3) is 0 Å². The molecule has 1 saturated heterocycles. The predicted octanol–water partition coefficient (Wildman–Crippen LogP) is 1.76. The van der Waals surface area contributed by atoms with Gasteiger partial charge in [0.15, 0.2) is 8.32 Å². The molecule has 0 unspecified atom stereocenters. The van der Waals surface area contributed by atoms with Gasteiger partial charge >= 0.3 is 0 Å². The van der Waals surface area contributed by atoms with Crippen molar-refractivity contribution in [2.75, 3.05) is 20.2 Å². The van der Waals surface area contributed by atoms with Crippen molar-refractivity contribution in [2.24, 2.45) is 0 Å². The van der Waals surface area contributed by atoms with E-state index in [4.69, 9.17) is 9.26 Å². The van der Waals surface area contributed by atoms with Crippen LogP contribution in [-0.4, -0.2) is 39.2 Å². The second-order valence-electron chi connectivity index (χ2n) is 4.93. The van der Waals surface area contributed by atoms with Gasteiger partial charge in [-0.3, -0.25) is 0 Å². The highest BCUT2D eigenvalue weighted by molar-refractivity contribution is 6.69. The molecule has 15 heavy (non-hydrogen) atoms. The molecular formula is C10H20N2O2Si. The molecular weight excluding hydrogens is 208 g/mol. The molecule has 0 amide bonds. The fraction of sp³-hybridized carbons (Fsp3) is 0.900. The van der Waals surface area contributed by atoms with Crippen LogP contribution in [0.1, 0.15) is 12.8 Å². The van der Waals surface area contributed by atoms with Gasteiger partial charge in [-0.15, -0.1) is 0 Å². The number of hydrogen-bond acceptors (Lipinski definition) is 4. The Labute approximate surface area is 92.9 Å². The summed E-state index contributed by atoms with van der Waals surface area (Å²) < 4.78 is 6.00. The molecule has 0 spiro atoms. The SMILES string of the molecule is CON1CCC(C#N)(O[Si](C)(C)C)CC1. The Balaban J connectivity index is 2.62. The van der Waals surface area contributed by atoms with E-state index in [0.29, 0.717) is 0 Å². The number of piperidine rings is 1. The van der Waals surface area contributed by atoms with Gasteiger partial charge in [-0.05, 0) is 19.6 Å². The van der Waals surface area contributed by atoms with Crippen molar-refractivity contribution in [1.82, 2.24) is 5.06 Å². The predicted molar refractivity (Wildman–Crippen MR) is 60.6 cm³/mol. The van der Waals surface area contributed by atoms with Gasteiger partial charge in [0.2, 0.25) is 0 Å². The van der Waals surface area contributed by atoms with Crippen molar-refractivity contribution >= 4 is 8.32 Å². The van der Waals surface area contributed by atoms with Crippen LogP contribution in [0.5, 0.6) is 0 Å². The number of nitriles is 1. The average Bonchev–Trinajstić information content (AvgIpc) is 2.16. The van der Waals surface area contributed by atoms with Crippen molar-refractivity contribution in [3.8, 4) is 6.07 Å². The van der Waals surface area contributed by atoms with Crippen LogP contribution < -0.4 is 0 Å². The van der Waals surface area contributed by atoms with Crippen molar-refractivity contribution in [3.63, 3.8) is 0 Å². The smallest absolute Gasteiger partial charge is 0.185 e. The molecule has 5 heteroatoms. The average molecular weight is 228 g/mol. The first-order valence-corrected chi connectivity index (χ1v) is 8.72. The van der Waals surface area contributed by atoms with E-state index in [1.807, 2.05) is 5.06 Å². The minimum atomic E-state index is -1.65. The van der Waals surface area contributed by atoms with Crippen LogP contribution in [0.3, 0.4) is 0 Å². The maximum Gasteiger partial charge on any atom is 0.185 e. The molecule has 0 aromatic heterocycles. The third-order valence-corrected chi connectivity index (χ3v) is 3.50. The summed E-state index contributed by atoms with van der Waals surface area (Å²) in [6, 6.07) is 2.35. The maximum atomic E-state index is 9.25. The molecule has 1 aliphatic rings. The molecule has 1 fully saturated rings. The molecule has 0 bridgehead atoms. The summed E-state index contributed by atoms with van der Waals surface area (Å²) in [4.78, 5) is 5.14. The molecule has 0 N–H and O–H groups in total. The van der Waals surface area contributed by atoms with Crippen LogP contribution in [0, 0.1) is 11.3 Å². The Bertz CT molecular complexity index is 249. The summed E-state index contributed by atoms with van der Waals surface area (Å²) in [5, 5.41) is 11.1. The minimum absolute atomic E-state index is 0.570. The van der Waals surface area contributed by atoms with Gasteiger partial charge in [0.05, 0.1) is 13.2 Å². The van der Waals surface area contributed by atoms with E-state index in [1.165, 1.54) is 0 Å². The van der Waals surface area contributed by atoms with Gasteiger partial charge in [0.1, 0.15) is 5.60 Å². The summed E-state index contributed by atoms with van der Waals surface area (Å²) in [7, 11) is 0.0134. The van der Waals surface area contributed by atoms with Crippen molar-refractivity contribution in [1.29, 1.82) is 5.26 Å². The third kappa shape index (κ3) is 3.58. The lowest BCUT2D eigenvalue weighted by molar-refractivity contribution is -0.161. The topological polar surface area (TPSA) is 45.5 Å². The number of rotatable bonds is 3. The molecule has 1 rings (SSSR count). The van der Waals surface area contributed by atoms with E-state index in [-0.39, 0.29) is 0 Å². The molecule has 0 saturated carbocycles. The molecule has 4 nitrogen and oxygen atoms in total. The van der Waals surface area contributed by atoms with Crippen LogP contribution in [0.4, 0.5) is 0 Å². The molecule has 0 radical (unpaired) electrons. The quantitative estimate of drug-likeness (QED) is 0.690. The molecule has 0 aromatic rings. The van der Waals surface area contributed by atoms with Gasteiger partial charge in [-0.25, -0.2) is 0 Å². The number of nitrogens with zero attached hydrogens (tertiary/aromatic N) is 2. The van der Waals surface area contributed by atoms with Crippen LogP contribution in [0.15, 0.2) is 0 Å². The molecule has 0 atom stereocenters.